The smallest absolute Gasteiger partial charge is 0.408 e. The normalized spacial score (nSPS) is 22.0. The Morgan fingerprint density at radius 2 is 1.77 bits per heavy atom. The average Bonchev–Trinajstić information content (AvgIpc) is 3.71. The molecule has 3 aromatic rings. The molecule has 1 aliphatic heterocycles. The summed E-state index contributed by atoms with van der Waals surface area (Å²) >= 11 is 6.64. The summed E-state index contributed by atoms with van der Waals surface area (Å²) in [4.78, 5) is 52.9. The van der Waals surface area contributed by atoms with Crippen molar-refractivity contribution < 1.29 is 33.3 Å². The number of fused-ring (bicyclic) bond motifs is 1. The number of hydrogen-bond acceptors (Lipinski definition) is 9. The van der Waals surface area contributed by atoms with Crippen molar-refractivity contribution in [2.24, 2.45) is 17.3 Å². The number of rotatable bonds is 13. The maximum Gasteiger partial charge on any atom is 0.408 e. The van der Waals surface area contributed by atoms with Gasteiger partial charge in [0.15, 0.2) is 5.15 Å². The van der Waals surface area contributed by atoms with Crippen LogP contribution in [0.25, 0.3) is 11.0 Å². The van der Waals surface area contributed by atoms with Crippen LogP contribution in [0.2, 0.25) is 5.15 Å². The number of likely N-dealkylation sites (tertiary alicyclic amines) is 1. The van der Waals surface area contributed by atoms with Crippen molar-refractivity contribution in [3.05, 3.63) is 71.9 Å². The number of nitrogens with zero attached hydrogens (tertiary/aromatic N) is 3. The van der Waals surface area contributed by atoms with E-state index in [-0.39, 0.29) is 23.7 Å². The van der Waals surface area contributed by atoms with E-state index in [2.05, 4.69) is 21.9 Å². The fourth-order valence-electron chi connectivity index (χ4n) is 6.66. The van der Waals surface area contributed by atoms with E-state index in [1.807, 2.05) is 57.2 Å². The lowest BCUT2D eigenvalue weighted by Gasteiger charge is -2.36. The number of amides is 2. The molecule has 0 unspecified atom stereocenters. The van der Waals surface area contributed by atoms with Gasteiger partial charge < -0.3 is 29.2 Å². The maximum atomic E-state index is 14.8. The summed E-state index contributed by atoms with van der Waals surface area (Å²) in [5, 5.41) is 2.89. The highest BCUT2D eigenvalue weighted by atomic mass is 35.5. The Morgan fingerprint density at radius 1 is 1.04 bits per heavy atom. The molecule has 1 aliphatic carbocycles. The largest absolute Gasteiger partial charge is 0.497 e. The minimum Gasteiger partial charge on any atom is -0.497 e. The number of benzene rings is 2. The van der Waals surface area contributed by atoms with Crippen molar-refractivity contribution in [3.63, 3.8) is 0 Å². The molecule has 2 aliphatic rings. The van der Waals surface area contributed by atoms with Gasteiger partial charge in [0.1, 0.15) is 35.6 Å². The van der Waals surface area contributed by atoms with E-state index in [1.165, 1.54) is 4.90 Å². The van der Waals surface area contributed by atoms with E-state index in [9.17, 15) is 14.4 Å². The van der Waals surface area contributed by atoms with Crippen LogP contribution in [-0.4, -0.2) is 76.4 Å². The zero-order valence-electron chi connectivity index (χ0n) is 31.2. The van der Waals surface area contributed by atoms with E-state index in [0.29, 0.717) is 29.1 Å². The second kappa shape index (κ2) is 16.1. The van der Waals surface area contributed by atoms with Gasteiger partial charge in [-0.1, -0.05) is 68.8 Å². The molecule has 2 aromatic carbocycles. The summed E-state index contributed by atoms with van der Waals surface area (Å²) in [5.74, 6) is -0.678. The lowest BCUT2D eigenvalue weighted by molar-refractivity contribution is -0.165. The molecule has 6 atom stereocenters. The van der Waals surface area contributed by atoms with Crippen LogP contribution in [0, 0.1) is 17.3 Å². The predicted molar refractivity (Wildman–Crippen MR) is 199 cm³/mol. The molecule has 2 fully saturated rings. The zero-order chi connectivity index (χ0) is 37.8. The summed E-state index contributed by atoms with van der Waals surface area (Å²) in [6.45, 7) is 14.7. The lowest BCUT2D eigenvalue weighted by atomic mass is 9.85. The highest BCUT2D eigenvalue weighted by molar-refractivity contribution is 6.31. The topological polar surface area (TPSA) is 129 Å². The number of ether oxygens (including phenoxy) is 4. The zero-order valence-corrected chi connectivity index (χ0v) is 31.9. The molecule has 1 saturated heterocycles. The highest BCUT2D eigenvalue weighted by Crippen LogP contribution is 2.39. The van der Waals surface area contributed by atoms with Gasteiger partial charge >= 0.3 is 12.1 Å². The second-order valence-corrected chi connectivity index (χ2v) is 16.1. The summed E-state index contributed by atoms with van der Waals surface area (Å²) in [6, 6.07) is 12.8. The molecule has 0 spiro atoms. The summed E-state index contributed by atoms with van der Waals surface area (Å²) in [6.07, 6.45) is 4.27. The Hall–Kier alpha value is -4.38. The number of nitrogens with one attached hydrogen (secondary N) is 1. The van der Waals surface area contributed by atoms with Gasteiger partial charge in [-0.05, 0) is 81.9 Å². The fraction of sp³-hybridized carbons (Fsp3) is 0.525. The van der Waals surface area contributed by atoms with Gasteiger partial charge in [0.2, 0.25) is 5.91 Å². The van der Waals surface area contributed by atoms with Crippen molar-refractivity contribution >= 4 is 40.6 Å². The number of halogens is 1. The molecule has 1 saturated carbocycles. The van der Waals surface area contributed by atoms with Crippen LogP contribution >= 0.6 is 11.6 Å². The van der Waals surface area contributed by atoms with E-state index in [1.54, 1.807) is 46.1 Å². The Labute approximate surface area is 311 Å². The number of unbranched alkanes of at least 4 members (excludes halogenated alkanes) is 1. The molecule has 52 heavy (non-hydrogen) atoms. The molecule has 5 rings (SSSR count). The third-order valence-corrected chi connectivity index (χ3v) is 9.62. The van der Waals surface area contributed by atoms with Crippen molar-refractivity contribution in [1.82, 2.24) is 20.2 Å². The molecule has 280 valence electrons. The van der Waals surface area contributed by atoms with Gasteiger partial charge in [-0.15, -0.1) is 6.58 Å². The third kappa shape index (κ3) is 9.73. The lowest BCUT2D eigenvalue weighted by Crippen LogP contribution is -2.58. The van der Waals surface area contributed by atoms with E-state index in [0.717, 1.165) is 31.2 Å². The first-order valence-corrected chi connectivity index (χ1v) is 18.3. The first-order valence-electron chi connectivity index (χ1n) is 17.9. The first kappa shape index (κ1) is 38.8. The SMILES string of the molecule is C=CCCC[C@@H]1C[C@H]1OC(=O)N[C@H](C(=O)N1C[C@H](Oc2nc3cc(OC)ccc3nc2Cl)[C@@H](Cc2ccccc2)[C@H]1C(=O)OC(C)(C)C)C(C)(C)C. The van der Waals surface area contributed by atoms with Crippen LogP contribution in [0.3, 0.4) is 0 Å². The Kier molecular flexibility index (Phi) is 12.0. The minimum atomic E-state index is -1.07. The number of hydrogen-bond donors (Lipinski definition) is 1. The third-order valence-electron chi connectivity index (χ3n) is 9.38. The maximum absolute atomic E-state index is 14.8. The van der Waals surface area contributed by atoms with Crippen LogP contribution in [0.1, 0.15) is 72.8 Å². The molecule has 0 radical (unpaired) electrons. The van der Waals surface area contributed by atoms with Crippen LogP contribution in [-0.2, 0) is 25.5 Å². The minimum absolute atomic E-state index is 0.00822. The first-order chi connectivity index (χ1) is 24.6. The molecular weight excluding hydrogens is 684 g/mol. The standard InChI is InChI=1S/C40H51ClN4O7/c1-9-10-12-17-25-21-30(25)51-38(48)44-33(39(2,3)4)36(46)45-23-31(50-35-34(41)42-28-19-18-26(49-8)22-29(28)43-35)27(20-24-15-13-11-14-16-24)32(45)37(47)52-40(5,6)7/h9,11,13-16,18-19,22,25,27,30-33H,1,10,12,17,20-21,23H2,2-8H3,(H,44,48)/t25-,27-,30-,31+,32+,33-/m1/s1. The van der Waals surface area contributed by atoms with Gasteiger partial charge in [-0.3, -0.25) is 4.79 Å². The molecule has 11 nitrogen and oxygen atoms in total. The quantitative estimate of drug-likeness (QED) is 0.109. The number of aromatic nitrogens is 2. The summed E-state index contributed by atoms with van der Waals surface area (Å²) in [5.41, 5.74) is 0.398. The second-order valence-electron chi connectivity index (χ2n) is 15.8. The summed E-state index contributed by atoms with van der Waals surface area (Å²) < 4.78 is 23.6. The number of esters is 1. The number of carbonyl (C=O) groups is 3. The van der Waals surface area contributed by atoms with E-state index < -0.39 is 53.1 Å². The van der Waals surface area contributed by atoms with Gasteiger partial charge in [-0.2, -0.15) is 0 Å². The van der Waals surface area contributed by atoms with Gasteiger partial charge in [0.25, 0.3) is 5.88 Å². The monoisotopic (exact) mass is 734 g/mol. The van der Waals surface area contributed by atoms with Crippen molar-refractivity contribution in [2.75, 3.05) is 13.7 Å². The highest BCUT2D eigenvalue weighted by Gasteiger charge is 2.53. The molecule has 1 N–H and O–H groups in total. The van der Waals surface area contributed by atoms with Crippen molar-refractivity contribution in [2.45, 2.75) is 104 Å². The molecular formula is C40H51ClN4O7. The Balaban J connectivity index is 1.48. The van der Waals surface area contributed by atoms with Crippen LogP contribution < -0.4 is 14.8 Å². The van der Waals surface area contributed by atoms with Crippen molar-refractivity contribution in [1.29, 1.82) is 0 Å². The predicted octanol–water partition coefficient (Wildman–Crippen LogP) is 7.34. The molecule has 0 bridgehead atoms. The fourth-order valence-corrected chi connectivity index (χ4v) is 6.84. The average molecular weight is 735 g/mol. The van der Waals surface area contributed by atoms with Crippen molar-refractivity contribution in [3.8, 4) is 11.6 Å². The van der Waals surface area contributed by atoms with Crippen LogP contribution in [0.4, 0.5) is 4.79 Å². The Bertz CT molecular complexity index is 1760. The summed E-state index contributed by atoms with van der Waals surface area (Å²) in [7, 11) is 1.56. The molecule has 2 heterocycles. The number of allylic oxidation sites excluding steroid dienone is 1. The molecule has 2 amide bonds. The molecule has 1 aromatic heterocycles. The van der Waals surface area contributed by atoms with Gasteiger partial charge in [-0.25, -0.2) is 19.6 Å². The van der Waals surface area contributed by atoms with Gasteiger partial charge in [0.05, 0.1) is 24.7 Å². The van der Waals surface area contributed by atoms with E-state index >= 15 is 0 Å². The van der Waals surface area contributed by atoms with Gasteiger partial charge in [0, 0.05) is 12.0 Å². The van der Waals surface area contributed by atoms with E-state index in [4.69, 9.17) is 30.5 Å². The Morgan fingerprint density at radius 3 is 2.42 bits per heavy atom. The number of methoxy groups -OCH3 is 1. The number of alkyl carbamates (subject to hydrolysis) is 1. The molecule has 12 heteroatoms. The number of carbonyl (C=O) groups excluding carboxylic acids is 3. The van der Waals surface area contributed by atoms with Crippen LogP contribution in [0.5, 0.6) is 11.6 Å². The van der Waals surface area contributed by atoms with Crippen LogP contribution in [0.15, 0.2) is 61.2 Å².